The summed E-state index contributed by atoms with van der Waals surface area (Å²) >= 11 is 0.903. The lowest BCUT2D eigenvalue weighted by molar-refractivity contribution is -0.142. The molecule has 1 amide bonds. The van der Waals surface area contributed by atoms with Gasteiger partial charge in [-0.05, 0) is 5.41 Å². The predicted octanol–water partition coefficient (Wildman–Crippen LogP) is 0.767. The van der Waals surface area contributed by atoms with Gasteiger partial charge < -0.3 is 10.4 Å². The standard InChI is InChI=1S/C9H13N3O3S/c1-9(2,3)6(8(14)15)11-7(13)5-4-10-16-12-5/h4,6H,1-3H3,(H,11,13)(H,14,15)/t6-/m1/s1. The summed E-state index contributed by atoms with van der Waals surface area (Å²) in [6.07, 6.45) is 1.31. The number of hydrogen-bond acceptors (Lipinski definition) is 5. The molecule has 6 nitrogen and oxygen atoms in total. The summed E-state index contributed by atoms with van der Waals surface area (Å²) in [7, 11) is 0. The second kappa shape index (κ2) is 4.56. The van der Waals surface area contributed by atoms with Gasteiger partial charge in [-0.1, -0.05) is 20.8 Å². The number of amides is 1. The summed E-state index contributed by atoms with van der Waals surface area (Å²) in [5, 5.41) is 11.4. The maximum absolute atomic E-state index is 11.6. The molecule has 1 rings (SSSR count). The Hall–Kier alpha value is -1.50. The van der Waals surface area contributed by atoms with Crippen molar-refractivity contribution in [3.63, 3.8) is 0 Å². The fourth-order valence-electron chi connectivity index (χ4n) is 1.12. The van der Waals surface area contributed by atoms with E-state index in [-0.39, 0.29) is 5.69 Å². The number of carbonyl (C=O) groups is 2. The molecule has 1 atom stereocenters. The lowest BCUT2D eigenvalue weighted by atomic mass is 9.87. The third-order valence-electron chi connectivity index (χ3n) is 1.98. The molecule has 7 heteroatoms. The van der Waals surface area contributed by atoms with Gasteiger partial charge in [0.2, 0.25) is 0 Å². The first-order valence-corrected chi connectivity index (χ1v) is 5.36. The highest BCUT2D eigenvalue weighted by atomic mass is 32.1. The van der Waals surface area contributed by atoms with Crippen molar-refractivity contribution in [2.45, 2.75) is 26.8 Å². The highest BCUT2D eigenvalue weighted by Crippen LogP contribution is 2.19. The zero-order valence-electron chi connectivity index (χ0n) is 9.22. The third-order valence-corrected chi connectivity index (χ3v) is 2.46. The average molecular weight is 243 g/mol. The highest BCUT2D eigenvalue weighted by Gasteiger charge is 2.33. The van der Waals surface area contributed by atoms with Crippen LogP contribution in [0.15, 0.2) is 6.20 Å². The minimum atomic E-state index is -1.07. The Kier molecular flexibility index (Phi) is 3.58. The van der Waals surface area contributed by atoms with Crippen LogP contribution in [0.2, 0.25) is 0 Å². The van der Waals surface area contributed by atoms with Crippen molar-refractivity contribution < 1.29 is 14.7 Å². The lowest BCUT2D eigenvalue weighted by Gasteiger charge is -2.27. The van der Waals surface area contributed by atoms with Crippen molar-refractivity contribution in [2.24, 2.45) is 5.41 Å². The number of nitrogens with one attached hydrogen (secondary N) is 1. The average Bonchev–Trinajstić information content (AvgIpc) is 2.63. The van der Waals surface area contributed by atoms with Crippen LogP contribution in [-0.4, -0.2) is 31.8 Å². The molecule has 0 aliphatic rings. The molecule has 0 unspecified atom stereocenters. The van der Waals surface area contributed by atoms with Crippen molar-refractivity contribution in [1.82, 2.24) is 14.1 Å². The predicted molar refractivity (Wildman–Crippen MR) is 58.3 cm³/mol. The third kappa shape index (κ3) is 2.99. The Balaban J connectivity index is 2.78. The molecule has 88 valence electrons. The number of aromatic nitrogens is 2. The fourth-order valence-corrected chi connectivity index (χ4v) is 1.53. The molecule has 0 saturated heterocycles. The van der Waals surface area contributed by atoms with Crippen molar-refractivity contribution in [3.8, 4) is 0 Å². The largest absolute Gasteiger partial charge is 0.480 e. The molecule has 0 saturated carbocycles. The van der Waals surface area contributed by atoms with Crippen LogP contribution >= 0.6 is 11.7 Å². The molecule has 16 heavy (non-hydrogen) atoms. The van der Waals surface area contributed by atoms with Crippen LogP contribution in [0.3, 0.4) is 0 Å². The topological polar surface area (TPSA) is 92.2 Å². The van der Waals surface area contributed by atoms with E-state index in [1.807, 2.05) is 0 Å². The van der Waals surface area contributed by atoms with Gasteiger partial charge in [0.05, 0.1) is 17.9 Å². The minimum absolute atomic E-state index is 0.139. The van der Waals surface area contributed by atoms with Crippen LogP contribution < -0.4 is 5.32 Å². The number of carbonyl (C=O) groups excluding carboxylic acids is 1. The van der Waals surface area contributed by atoms with Crippen LogP contribution in [-0.2, 0) is 4.79 Å². The van der Waals surface area contributed by atoms with Gasteiger partial charge in [-0.25, -0.2) is 4.79 Å². The maximum Gasteiger partial charge on any atom is 0.326 e. The zero-order valence-corrected chi connectivity index (χ0v) is 10.0. The van der Waals surface area contributed by atoms with E-state index >= 15 is 0 Å². The zero-order chi connectivity index (χ0) is 12.3. The molecule has 0 radical (unpaired) electrons. The molecule has 1 aromatic heterocycles. The van der Waals surface area contributed by atoms with Crippen molar-refractivity contribution in [2.75, 3.05) is 0 Å². The van der Waals surface area contributed by atoms with Crippen LogP contribution in [0.25, 0.3) is 0 Å². The molecule has 0 aliphatic heterocycles. The molecular weight excluding hydrogens is 230 g/mol. The second-order valence-corrected chi connectivity index (χ2v) is 4.96. The minimum Gasteiger partial charge on any atom is -0.480 e. The Morgan fingerprint density at radius 1 is 1.50 bits per heavy atom. The van der Waals surface area contributed by atoms with Crippen molar-refractivity contribution in [1.29, 1.82) is 0 Å². The quantitative estimate of drug-likeness (QED) is 0.818. The molecule has 0 spiro atoms. The van der Waals surface area contributed by atoms with Gasteiger partial charge in [-0.15, -0.1) is 0 Å². The van der Waals surface area contributed by atoms with E-state index in [9.17, 15) is 9.59 Å². The molecule has 0 fully saturated rings. The number of carboxylic acid groups (broad SMARTS) is 1. The van der Waals surface area contributed by atoms with E-state index in [0.717, 1.165) is 11.7 Å². The maximum atomic E-state index is 11.6. The van der Waals surface area contributed by atoms with Crippen LogP contribution in [0.5, 0.6) is 0 Å². The van der Waals surface area contributed by atoms with E-state index in [2.05, 4.69) is 14.1 Å². The molecular formula is C9H13N3O3S. The Morgan fingerprint density at radius 2 is 2.12 bits per heavy atom. The van der Waals surface area contributed by atoms with Gasteiger partial charge >= 0.3 is 5.97 Å². The monoisotopic (exact) mass is 243 g/mol. The normalized spacial score (nSPS) is 13.2. The van der Waals surface area contributed by atoms with Crippen LogP contribution in [0, 0.1) is 5.41 Å². The first-order chi connectivity index (χ1) is 7.32. The first kappa shape index (κ1) is 12.6. The van der Waals surface area contributed by atoms with Gasteiger partial charge in [0.1, 0.15) is 6.04 Å². The molecule has 0 bridgehead atoms. The summed E-state index contributed by atoms with van der Waals surface area (Å²) in [4.78, 5) is 22.6. The smallest absolute Gasteiger partial charge is 0.326 e. The Labute approximate surface area is 97.0 Å². The van der Waals surface area contributed by atoms with Crippen LogP contribution in [0.1, 0.15) is 31.3 Å². The van der Waals surface area contributed by atoms with Gasteiger partial charge in [-0.3, -0.25) is 4.79 Å². The van der Waals surface area contributed by atoms with E-state index < -0.39 is 23.3 Å². The molecule has 0 aromatic carbocycles. The van der Waals surface area contributed by atoms with Crippen molar-refractivity contribution in [3.05, 3.63) is 11.9 Å². The molecule has 1 heterocycles. The molecule has 1 aromatic rings. The van der Waals surface area contributed by atoms with E-state index in [1.165, 1.54) is 6.20 Å². The van der Waals surface area contributed by atoms with Gasteiger partial charge in [-0.2, -0.15) is 8.75 Å². The van der Waals surface area contributed by atoms with Gasteiger partial charge in [0, 0.05) is 0 Å². The van der Waals surface area contributed by atoms with E-state index in [1.54, 1.807) is 20.8 Å². The SMILES string of the molecule is CC(C)(C)[C@H](NC(=O)c1cnsn1)C(=O)O. The van der Waals surface area contributed by atoms with E-state index in [4.69, 9.17) is 5.11 Å². The fraction of sp³-hybridized carbons (Fsp3) is 0.556. The summed E-state index contributed by atoms with van der Waals surface area (Å²) in [5.74, 6) is -1.58. The van der Waals surface area contributed by atoms with Gasteiger partial charge in [0.25, 0.3) is 5.91 Å². The first-order valence-electron chi connectivity index (χ1n) is 4.63. The summed E-state index contributed by atoms with van der Waals surface area (Å²) in [6.45, 7) is 5.22. The number of carboxylic acids is 1. The van der Waals surface area contributed by atoms with E-state index in [0.29, 0.717) is 0 Å². The number of aliphatic carboxylic acids is 1. The summed E-state index contributed by atoms with van der Waals surface area (Å²) in [6, 6.07) is -0.957. The number of rotatable bonds is 3. The molecule has 0 aliphatic carbocycles. The van der Waals surface area contributed by atoms with Gasteiger partial charge in [0.15, 0.2) is 5.69 Å². The Morgan fingerprint density at radius 3 is 2.50 bits per heavy atom. The number of nitrogens with zero attached hydrogens (tertiary/aromatic N) is 2. The van der Waals surface area contributed by atoms with Crippen molar-refractivity contribution >= 4 is 23.6 Å². The number of hydrogen-bond donors (Lipinski definition) is 2. The molecule has 2 N–H and O–H groups in total. The summed E-state index contributed by atoms with van der Waals surface area (Å²) in [5.41, 5.74) is -0.425. The lowest BCUT2D eigenvalue weighted by Crippen LogP contribution is -2.49. The van der Waals surface area contributed by atoms with Crippen LogP contribution in [0.4, 0.5) is 0 Å². The summed E-state index contributed by atoms with van der Waals surface area (Å²) < 4.78 is 7.42. The Bertz CT molecular complexity index is 383. The highest BCUT2D eigenvalue weighted by molar-refractivity contribution is 6.99. The second-order valence-electron chi connectivity index (χ2n) is 4.40.